The number of nitrogens with zero attached hydrogens (tertiary/aromatic N) is 6. The van der Waals surface area contributed by atoms with Gasteiger partial charge in [-0.15, -0.1) is 0 Å². The van der Waals surface area contributed by atoms with Crippen molar-refractivity contribution in [3.8, 4) is 0 Å². The van der Waals surface area contributed by atoms with Crippen LogP contribution in [0.2, 0.25) is 0 Å². The first-order valence-corrected chi connectivity index (χ1v) is 11.3. The average molecular weight is 475 g/mol. The van der Waals surface area contributed by atoms with E-state index < -0.39 is 0 Å². The van der Waals surface area contributed by atoms with Gasteiger partial charge in [0.2, 0.25) is 0 Å². The molecule has 0 spiro atoms. The molecule has 0 radical (unpaired) electrons. The molecule has 0 saturated heterocycles. The van der Waals surface area contributed by atoms with Crippen LogP contribution in [0.3, 0.4) is 0 Å². The molecule has 8 heteroatoms. The Bertz CT molecular complexity index is 1860. The van der Waals surface area contributed by atoms with Crippen molar-refractivity contribution in [2.45, 2.75) is 0 Å². The van der Waals surface area contributed by atoms with E-state index in [0.29, 0.717) is 11.7 Å². The second-order valence-corrected chi connectivity index (χ2v) is 8.90. The summed E-state index contributed by atoms with van der Waals surface area (Å²) in [5.41, 5.74) is 3.72. The Morgan fingerprint density at radius 1 is 0.531 bits per heavy atom. The normalized spacial score (nSPS) is 15.2. The van der Waals surface area contributed by atoms with Gasteiger partial charge in [-0.25, -0.2) is 20.0 Å². The molecule has 6 nitrogen and oxygen atoms in total. The van der Waals surface area contributed by atoms with E-state index in [-0.39, 0.29) is 5.81 Å². The molecule has 0 atom stereocenters. The van der Waals surface area contributed by atoms with Crippen molar-refractivity contribution in [2.75, 3.05) is 0 Å². The fraction of sp³-hybridized carbons (Fsp3) is 0. The second-order valence-electron chi connectivity index (χ2n) is 8.08. The molecule has 0 saturated carbocycles. The van der Waals surface area contributed by atoms with Crippen molar-refractivity contribution < 1.29 is 0 Å². The third-order valence-electron chi connectivity index (χ3n) is 6.41. The highest BCUT2D eigenvalue weighted by atomic mass is 79.9. The highest BCUT2D eigenvalue weighted by Gasteiger charge is 2.34. The van der Waals surface area contributed by atoms with Crippen LogP contribution in [0, 0.1) is 0 Å². The lowest BCUT2D eigenvalue weighted by molar-refractivity contribution is 0.942. The van der Waals surface area contributed by atoms with Gasteiger partial charge >= 0.3 is 5.81 Å². The molecule has 32 heavy (non-hydrogen) atoms. The minimum Gasteiger partial charge on any atom is -0.323 e. The largest absolute Gasteiger partial charge is 0.469 e. The summed E-state index contributed by atoms with van der Waals surface area (Å²) in [6.07, 6.45) is 0. The van der Waals surface area contributed by atoms with E-state index in [1.54, 1.807) is 0 Å². The molecule has 0 amide bonds. The number of halogens is 1. The number of fused-ring (bicyclic) bond motifs is 10. The van der Waals surface area contributed by atoms with Crippen LogP contribution in [0.4, 0.5) is 11.6 Å². The van der Waals surface area contributed by atoms with Crippen molar-refractivity contribution in [2.24, 2.45) is 20.0 Å². The maximum atomic E-state index is 5.16. The summed E-state index contributed by atoms with van der Waals surface area (Å²) in [6.45, 7) is 0. The monoisotopic (exact) mass is 474 g/mol. The minimum atomic E-state index is -0.218. The lowest BCUT2D eigenvalue weighted by atomic mass is 10.1. The van der Waals surface area contributed by atoms with Gasteiger partial charge in [0, 0.05) is 32.7 Å². The lowest BCUT2D eigenvalue weighted by Gasteiger charge is -2.18. The van der Waals surface area contributed by atoms with E-state index in [4.69, 9.17) is 20.0 Å². The third kappa shape index (κ3) is 1.92. The summed E-state index contributed by atoms with van der Waals surface area (Å²) in [7, 11) is 0. The van der Waals surface area contributed by atoms with Gasteiger partial charge in [-0.2, -0.15) is 0 Å². The fourth-order valence-corrected chi connectivity index (χ4v) is 5.78. The summed E-state index contributed by atoms with van der Waals surface area (Å²) in [5, 5.41) is 4.25. The number of rotatable bonds is 0. The fourth-order valence-electron chi connectivity index (χ4n) is 5.01. The summed E-state index contributed by atoms with van der Waals surface area (Å²) in [5.74, 6) is 2.87. The predicted molar refractivity (Wildman–Crippen MR) is 131 cm³/mol. The number of aromatic nitrogens is 2. The van der Waals surface area contributed by atoms with Gasteiger partial charge in [-0.3, -0.25) is 0 Å². The van der Waals surface area contributed by atoms with Crippen LogP contribution in [-0.2, 0) is 0 Å². The first-order valence-electron chi connectivity index (χ1n) is 10.4. The molecule has 0 unspecified atom stereocenters. The van der Waals surface area contributed by atoms with Gasteiger partial charge in [0.25, 0.3) is 0 Å². The van der Waals surface area contributed by atoms with Crippen LogP contribution in [-0.4, -0.2) is 26.4 Å². The third-order valence-corrected chi connectivity index (χ3v) is 7.23. The molecule has 0 fully saturated rings. The zero-order valence-corrected chi connectivity index (χ0v) is 18.2. The molecule has 148 valence electrons. The molecule has 4 bridgehead atoms. The lowest BCUT2D eigenvalue weighted by Crippen LogP contribution is -2.44. The quantitative estimate of drug-likeness (QED) is 0.303. The van der Waals surface area contributed by atoms with Gasteiger partial charge < -0.3 is 8.96 Å². The molecule has 0 aliphatic carbocycles. The highest BCUT2D eigenvalue weighted by molar-refractivity contribution is 9.24. The van der Waals surface area contributed by atoms with Gasteiger partial charge in [-0.1, -0.05) is 88.6 Å². The molecule has 5 heterocycles. The maximum Gasteiger partial charge on any atom is 0.469 e. The number of aliphatic imine (C=N–C) groups is 2. The van der Waals surface area contributed by atoms with Crippen LogP contribution in [0.25, 0.3) is 21.5 Å². The Balaban J connectivity index is 1.69. The van der Waals surface area contributed by atoms with Crippen molar-refractivity contribution in [1.82, 2.24) is 8.96 Å². The summed E-state index contributed by atoms with van der Waals surface area (Å²) in [4.78, 5) is 20.2. The van der Waals surface area contributed by atoms with E-state index in [1.165, 1.54) is 0 Å². The zero-order chi connectivity index (χ0) is 21.0. The topological polar surface area (TPSA) is 59.3 Å². The van der Waals surface area contributed by atoms with E-state index in [0.717, 1.165) is 55.3 Å². The predicted octanol–water partition coefficient (Wildman–Crippen LogP) is 4.11. The Labute approximate surface area is 190 Å². The van der Waals surface area contributed by atoms with Gasteiger partial charge in [0.15, 0.2) is 11.7 Å². The first kappa shape index (κ1) is 16.9. The Hall–Kier alpha value is -3.78. The molecule has 3 aromatic carbocycles. The number of hydrogen-bond acceptors (Lipinski definition) is 4. The summed E-state index contributed by atoms with van der Waals surface area (Å²) >= 11 is 3.97. The highest BCUT2D eigenvalue weighted by Crippen LogP contribution is 2.41. The van der Waals surface area contributed by atoms with E-state index in [1.807, 2.05) is 36.4 Å². The second kappa shape index (κ2) is 5.72. The van der Waals surface area contributed by atoms with Gasteiger partial charge in [0.1, 0.15) is 22.6 Å². The number of hydrogen-bond donors (Lipinski definition) is 0. The molecular weight excluding hydrogens is 463 g/mol. The average Bonchev–Trinajstić information content (AvgIpc) is 3.45. The standard InChI is InChI=1S/C24H12BBrN6/c26-25-31-21-15-9-3-5-11-17(15)23(31)30-24-18-12-6-4-10-16(18)22(32(24)25)29-20-14-8-2-1-7-13(14)19(27-20)28-21/h1-12H. The van der Waals surface area contributed by atoms with E-state index >= 15 is 0 Å². The summed E-state index contributed by atoms with van der Waals surface area (Å²) in [6, 6.07) is 24.8. The van der Waals surface area contributed by atoms with Crippen LogP contribution < -0.4 is 11.0 Å². The first-order chi connectivity index (χ1) is 15.8. The number of amidine groups is 2. The van der Waals surface area contributed by atoms with Crippen LogP contribution >= 0.6 is 15.8 Å². The molecule has 5 aromatic rings. The Kier molecular flexibility index (Phi) is 3.01. The molecule has 0 N–H and O–H groups in total. The van der Waals surface area contributed by atoms with Crippen LogP contribution in [0.5, 0.6) is 0 Å². The molecule has 8 rings (SSSR count). The molecule has 2 aromatic heterocycles. The van der Waals surface area contributed by atoms with Crippen molar-refractivity contribution in [1.29, 1.82) is 0 Å². The van der Waals surface area contributed by atoms with Crippen LogP contribution in [0.1, 0.15) is 11.1 Å². The van der Waals surface area contributed by atoms with Crippen molar-refractivity contribution >= 4 is 66.4 Å². The van der Waals surface area contributed by atoms with Crippen LogP contribution in [0.15, 0.2) is 92.8 Å². The smallest absolute Gasteiger partial charge is 0.323 e. The SMILES string of the molecule is BrB1n2c3c4ccccc4c2N=c2c4ccccc4c(n21)=NC1=NC(=N3)c2ccccc21. The van der Waals surface area contributed by atoms with E-state index in [9.17, 15) is 0 Å². The van der Waals surface area contributed by atoms with Crippen molar-refractivity contribution in [3.63, 3.8) is 0 Å². The molecule has 3 aliphatic rings. The molecular formula is C24H12BBrN6. The number of benzene rings is 3. The Morgan fingerprint density at radius 3 is 1.69 bits per heavy atom. The van der Waals surface area contributed by atoms with Gasteiger partial charge in [-0.05, 0) is 0 Å². The van der Waals surface area contributed by atoms with Gasteiger partial charge in [0.05, 0.1) is 0 Å². The minimum absolute atomic E-state index is 0.218. The van der Waals surface area contributed by atoms with Crippen molar-refractivity contribution in [3.05, 3.63) is 94.9 Å². The maximum absolute atomic E-state index is 5.16. The summed E-state index contributed by atoms with van der Waals surface area (Å²) < 4.78 is 4.29. The van der Waals surface area contributed by atoms with E-state index in [2.05, 4.69) is 61.1 Å². The zero-order valence-electron chi connectivity index (χ0n) is 16.6. The Morgan fingerprint density at radius 2 is 1.03 bits per heavy atom. The molecule has 3 aliphatic heterocycles.